The van der Waals surface area contributed by atoms with Crippen molar-refractivity contribution in [3.8, 4) is 17.5 Å². The van der Waals surface area contributed by atoms with Crippen LogP contribution < -0.4 is 10.2 Å². The van der Waals surface area contributed by atoms with Gasteiger partial charge >= 0.3 is 0 Å². The SMILES string of the molecule is Cc1cc(C)c(C#N)c(N2CC(NC(=O)c3cnc(-c4cccc(F)c4)nc3)C2)n1. The van der Waals surface area contributed by atoms with Crippen LogP contribution in [0.4, 0.5) is 10.2 Å². The van der Waals surface area contributed by atoms with Crippen molar-refractivity contribution in [1.82, 2.24) is 20.3 Å². The number of amides is 1. The van der Waals surface area contributed by atoms with Gasteiger partial charge in [0.05, 0.1) is 17.2 Å². The first-order chi connectivity index (χ1) is 14.4. The molecule has 3 heterocycles. The van der Waals surface area contributed by atoms with Crippen molar-refractivity contribution in [1.29, 1.82) is 5.26 Å². The van der Waals surface area contributed by atoms with Crippen LogP contribution in [0.15, 0.2) is 42.7 Å². The van der Waals surface area contributed by atoms with Crippen molar-refractivity contribution in [3.05, 3.63) is 70.9 Å². The number of halogens is 1. The second-order valence-electron chi connectivity index (χ2n) is 7.27. The van der Waals surface area contributed by atoms with E-state index in [1.54, 1.807) is 12.1 Å². The molecule has 7 nitrogen and oxygen atoms in total. The average Bonchev–Trinajstić information content (AvgIpc) is 2.70. The number of aryl methyl sites for hydroxylation is 2. The normalized spacial score (nSPS) is 13.5. The molecule has 2 aromatic heterocycles. The van der Waals surface area contributed by atoms with Crippen LogP contribution in [0.3, 0.4) is 0 Å². The number of benzene rings is 1. The maximum Gasteiger partial charge on any atom is 0.254 e. The standard InChI is InChI=1S/C22H19FN6O/c1-13-6-14(2)27-21(19(13)8-24)29-11-18(12-29)28-22(30)16-9-25-20(26-10-16)15-4-3-5-17(23)7-15/h3-7,9-10,18H,11-12H2,1-2H3,(H,28,30). The van der Waals surface area contributed by atoms with Gasteiger partial charge < -0.3 is 10.2 Å². The third kappa shape index (κ3) is 3.82. The fourth-order valence-corrected chi connectivity index (χ4v) is 3.42. The Morgan fingerprint density at radius 1 is 1.23 bits per heavy atom. The van der Waals surface area contributed by atoms with E-state index in [-0.39, 0.29) is 17.8 Å². The van der Waals surface area contributed by atoms with Crippen molar-refractivity contribution in [2.24, 2.45) is 0 Å². The monoisotopic (exact) mass is 402 g/mol. The number of aromatic nitrogens is 3. The summed E-state index contributed by atoms with van der Waals surface area (Å²) in [5.41, 5.74) is 3.18. The van der Waals surface area contributed by atoms with Crippen LogP contribution in [-0.2, 0) is 0 Å². The fraction of sp³-hybridized carbons (Fsp3) is 0.227. The molecular formula is C22H19FN6O. The topological polar surface area (TPSA) is 94.8 Å². The highest BCUT2D eigenvalue weighted by Gasteiger charge is 2.31. The van der Waals surface area contributed by atoms with E-state index in [4.69, 9.17) is 0 Å². The maximum absolute atomic E-state index is 13.3. The lowest BCUT2D eigenvalue weighted by Crippen LogP contribution is -2.60. The van der Waals surface area contributed by atoms with Gasteiger partial charge in [-0.3, -0.25) is 4.79 Å². The van der Waals surface area contributed by atoms with Crippen LogP contribution in [0.25, 0.3) is 11.4 Å². The number of nitriles is 1. The molecule has 1 aromatic carbocycles. The van der Waals surface area contributed by atoms with Gasteiger partial charge in [0.25, 0.3) is 5.91 Å². The van der Waals surface area contributed by atoms with E-state index in [0.717, 1.165) is 11.3 Å². The molecule has 0 bridgehead atoms. The van der Waals surface area contributed by atoms with E-state index in [9.17, 15) is 14.4 Å². The number of nitrogens with one attached hydrogen (secondary N) is 1. The molecular weight excluding hydrogens is 383 g/mol. The molecule has 3 aromatic rings. The van der Waals surface area contributed by atoms with Crippen molar-refractivity contribution in [2.45, 2.75) is 19.9 Å². The summed E-state index contributed by atoms with van der Waals surface area (Å²) < 4.78 is 13.3. The quantitative estimate of drug-likeness (QED) is 0.721. The number of hydrogen-bond donors (Lipinski definition) is 1. The highest BCUT2D eigenvalue weighted by atomic mass is 19.1. The summed E-state index contributed by atoms with van der Waals surface area (Å²) in [6.45, 7) is 4.92. The van der Waals surface area contributed by atoms with Gasteiger partial charge in [-0.2, -0.15) is 5.26 Å². The molecule has 0 unspecified atom stereocenters. The molecule has 1 saturated heterocycles. The third-order valence-corrected chi connectivity index (χ3v) is 4.95. The van der Waals surface area contributed by atoms with E-state index < -0.39 is 0 Å². The fourth-order valence-electron chi connectivity index (χ4n) is 3.42. The minimum absolute atomic E-state index is 0.0606. The first-order valence-electron chi connectivity index (χ1n) is 9.46. The Kier molecular flexibility index (Phi) is 5.11. The molecule has 150 valence electrons. The molecule has 0 spiro atoms. The van der Waals surface area contributed by atoms with Crippen LogP contribution in [0.5, 0.6) is 0 Å². The second-order valence-corrected chi connectivity index (χ2v) is 7.27. The Labute approximate surface area is 173 Å². The van der Waals surface area contributed by atoms with Gasteiger partial charge in [0.15, 0.2) is 5.82 Å². The molecule has 4 rings (SSSR count). The van der Waals surface area contributed by atoms with Gasteiger partial charge in [-0.1, -0.05) is 12.1 Å². The summed E-state index contributed by atoms with van der Waals surface area (Å²) in [6, 6.07) is 10.0. The van der Waals surface area contributed by atoms with Crippen LogP contribution in [-0.4, -0.2) is 40.0 Å². The van der Waals surface area contributed by atoms with E-state index >= 15 is 0 Å². The predicted molar refractivity (Wildman–Crippen MR) is 109 cm³/mol. The highest BCUT2D eigenvalue weighted by molar-refractivity contribution is 5.94. The van der Waals surface area contributed by atoms with Gasteiger partial charge in [-0.05, 0) is 37.6 Å². The third-order valence-electron chi connectivity index (χ3n) is 4.95. The molecule has 0 aliphatic carbocycles. The first-order valence-corrected chi connectivity index (χ1v) is 9.46. The zero-order chi connectivity index (χ0) is 21.3. The number of hydrogen-bond acceptors (Lipinski definition) is 6. The number of carbonyl (C=O) groups is 1. The maximum atomic E-state index is 13.3. The Hall–Kier alpha value is -3.86. The first kappa shape index (κ1) is 19.5. The summed E-state index contributed by atoms with van der Waals surface area (Å²) in [5, 5.41) is 12.4. The van der Waals surface area contributed by atoms with Crippen LogP contribution in [0.2, 0.25) is 0 Å². The molecule has 1 fully saturated rings. The Bertz CT molecular complexity index is 1150. The van der Waals surface area contributed by atoms with Gasteiger partial charge in [0.1, 0.15) is 17.7 Å². The van der Waals surface area contributed by atoms with Crippen molar-refractivity contribution in [3.63, 3.8) is 0 Å². The smallest absolute Gasteiger partial charge is 0.254 e. The molecule has 8 heteroatoms. The molecule has 0 saturated carbocycles. The zero-order valence-electron chi connectivity index (χ0n) is 16.6. The number of pyridine rings is 1. The Morgan fingerprint density at radius 2 is 1.97 bits per heavy atom. The van der Waals surface area contributed by atoms with Gasteiger partial charge in [0.2, 0.25) is 0 Å². The van der Waals surface area contributed by atoms with Gasteiger partial charge in [-0.15, -0.1) is 0 Å². The number of rotatable bonds is 4. The lowest BCUT2D eigenvalue weighted by molar-refractivity contribution is 0.0929. The highest BCUT2D eigenvalue weighted by Crippen LogP contribution is 2.26. The van der Waals surface area contributed by atoms with Gasteiger partial charge in [-0.25, -0.2) is 19.3 Å². The minimum atomic E-state index is -0.370. The Balaban J connectivity index is 1.39. The summed E-state index contributed by atoms with van der Waals surface area (Å²) in [6.07, 6.45) is 2.86. The lowest BCUT2D eigenvalue weighted by Gasteiger charge is -2.41. The zero-order valence-corrected chi connectivity index (χ0v) is 16.6. The minimum Gasteiger partial charge on any atom is -0.351 e. The molecule has 30 heavy (non-hydrogen) atoms. The summed E-state index contributed by atoms with van der Waals surface area (Å²) in [7, 11) is 0. The lowest BCUT2D eigenvalue weighted by atomic mass is 10.0. The van der Waals surface area contributed by atoms with Gasteiger partial charge in [0, 0.05) is 36.7 Å². The molecule has 1 amide bonds. The number of nitrogens with zero attached hydrogens (tertiary/aromatic N) is 5. The van der Waals surface area contributed by atoms with Crippen LogP contribution in [0, 0.1) is 31.0 Å². The van der Waals surface area contributed by atoms with E-state index in [1.807, 2.05) is 24.8 Å². The number of anilines is 1. The Morgan fingerprint density at radius 3 is 2.63 bits per heavy atom. The number of carbonyl (C=O) groups excluding carboxylic acids is 1. The van der Waals surface area contributed by atoms with Crippen molar-refractivity contribution in [2.75, 3.05) is 18.0 Å². The molecule has 1 aliphatic heterocycles. The van der Waals surface area contributed by atoms with E-state index in [2.05, 4.69) is 26.3 Å². The summed E-state index contributed by atoms with van der Waals surface area (Å²) in [4.78, 5) is 27.3. The van der Waals surface area contributed by atoms with E-state index in [0.29, 0.717) is 41.4 Å². The molecule has 1 N–H and O–H groups in total. The average molecular weight is 402 g/mol. The van der Waals surface area contributed by atoms with Crippen molar-refractivity contribution < 1.29 is 9.18 Å². The second kappa shape index (κ2) is 7.87. The molecule has 0 atom stereocenters. The summed E-state index contributed by atoms with van der Waals surface area (Å²) >= 11 is 0. The largest absolute Gasteiger partial charge is 0.351 e. The molecule has 1 aliphatic rings. The van der Waals surface area contributed by atoms with Crippen molar-refractivity contribution >= 4 is 11.7 Å². The van der Waals surface area contributed by atoms with E-state index in [1.165, 1.54) is 24.5 Å². The summed E-state index contributed by atoms with van der Waals surface area (Å²) in [5.74, 6) is 0.360. The predicted octanol–water partition coefficient (Wildman–Crippen LogP) is 2.78. The van der Waals surface area contributed by atoms with Crippen LogP contribution in [0.1, 0.15) is 27.2 Å². The van der Waals surface area contributed by atoms with Crippen LogP contribution >= 0.6 is 0 Å². The molecule has 0 radical (unpaired) electrons.